The summed E-state index contributed by atoms with van der Waals surface area (Å²) in [6.07, 6.45) is 0.343. The molecule has 1 rings (SSSR count). The fraction of sp³-hybridized carbons (Fsp3) is 0.364. The first kappa shape index (κ1) is 15.4. The van der Waals surface area contributed by atoms with Gasteiger partial charge in [-0.15, -0.1) is 12.4 Å². The van der Waals surface area contributed by atoms with Crippen LogP contribution in [0.3, 0.4) is 0 Å². The van der Waals surface area contributed by atoms with E-state index in [1.807, 2.05) is 32.0 Å². The van der Waals surface area contributed by atoms with Crippen molar-refractivity contribution in [1.82, 2.24) is 0 Å². The summed E-state index contributed by atoms with van der Waals surface area (Å²) in [5, 5.41) is 2.83. The fourth-order valence-electron chi connectivity index (χ4n) is 1.26. The molecule has 0 spiro atoms. The van der Waals surface area contributed by atoms with Crippen LogP contribution in [-0.4, -0.2) is 11.9 Å². The molecule has 1 aromatic carbocycles. The number of nitrogens with two attached hydrogens (primary N) is 1. The number of rotatable bonds is 3. The molecule has 1 atom stereocenters. The first-order valence-corrected chi connectivity index (χ1v) is 5.60. The summed E-state index contributed by atoms with van der Waals surface area (Å²) < 4.78 is 1.00. The first-order chi connectivity index (χ1) is 6.99. The summed E-state index contributed by atoms with van der Waals surface area (Å²) in [6, 6.07) is 5.62. The molecule has 1 unspecified atom stereocenters. The van der Waals surface area contributed by atoms with Gasteiger partial charge >= 0.3 is 0 Å². The minimum absolute atomic E-state index is 0. The highest BCUT2D eigenvalue weighted by molar-refractivity contribution is 9.10. The second kappa shape index (κ2) is 6.89. The summed E-state index contributed by atoms with van der Waals surface area (Å²) in [6.45, 7) is 3.76. The molecule has 3 N–H and O–H groups in total. The Balaban J connectivity index is 0.00000225. The Morgan fingerprint density at radius 3 is 2.69 bits per heavy atom. The molecule has 0 aliphatic rings. The summed E-state index contributed by atoms with van der Waals surface area (Å²) >= 11 is 3.37. The van der Waals surface area contributed by atoms with Crippen LogP contribution in [0, 0.1) is 6.92 Å². The molecule has 0 fully saturated rings. The molecule has 0 radical (unpaired) electrons. The van der Waals surface area contributed by atoms with E-state index in [0.717, 1.165) is 15.7 Å². The van der Waals surface area contributed by atoms with Crippen molar-refractivity contribution < 1.29 is 4.79 Å². The van der Waals surface area contributed by atoms with Crippen molar-refractivity contribution in [2.45, 2.75) is 26.3 Å². The monoisotopic (exact) mass is 306 g/mol. The van der Waals surface area contributed by atoms with Crippen LogP contribution in [0.1, 0.15) is 18.9 Å². The SMILES string of the molecule is Cc1cc(Br)ccc1NC(=O)CC(C)N.Cl. The van der Waals surface area contributed by atoms with Crippen LogP contribution in [0.15, 0.2) is 22.7 Å². The second-order valence-electron chi connectivity index (χ2n) is 3.69. The van der Waals surface area contributed by atoms with Gasteiger partial charge in [-0.05, 0) is 37.6 Å². The van der Waals surface area contributed by atoms with Crippen LogP contribution in [-0.2, 0) is 4.79 Å². The van der Waals surface area contributed by atoms with Crippen LogP contribution in [0.4, 0.5) is 5.69 Å². The molecule has 1 amide bonds. The average Bonchev–Trinajstić information content (AvgIpc) is 2.08. The Bertz CT molecular complexity index is 369. The number of hydrogen-bond acceptors (Lipinski definition) is 2. The molecule has 5 heteroatoms. The third-order valence-electron chi connectivity index (χ3n) is 1.97. The van der Waals surface area contributed by atoms with E-state index >= 15 is 0 Å². The zero-order chi connectivity index (χ0) is 11.4. The van der Waals surface area contributed by atoms with Gasteiger partial charge in [-0.2, -0.15) is 0 Å². The van der Waals surface area contributed by atoms with E-state index in [9.17, 15) is 4.79 Å². The average molecular weight is 308 g/mol. The Labute approximate surface area is 110 Å². The zero-order valence-electron chi connectivity index (χ0n) is 9.29. The lowest BCUT2D eigenvalue weighted by Gasteiger charge is -2.09. The van der Waals surface area contributed by atoms with Crippen LogP contribution >= 0.6 is 28.3 Å². The summed E-state index contributed by atoms with van der Waals surface area (Å²) in [4.78, 5) is 11.5. The number of aryl methyl sites for hydroxylation is 1. The normalized spacial score (nSPS) is 11.5. The number of benzene rings is 1. The lowest BCUT2D eigenvalue weighted by Crippen LogP contribution is -2.24. The maximum atomic E-state index is 11.5. The zero-order valence-corrected chi connectivity index (χ0v) is 11.7. The fourth-order valence-corrected chi connectivity index (χ4v) is 1.74. The lowest BCUT2D eigenvalue weighted by molar-refractivity contribution is -0.116. The Morgan fingerprint density at radius 1 is 1.56 bits per heavy atom. The van der Waals surface area contributed by atoms with Gasteiger partial charge in [0.2, 0.25) is 5.91 Å². The number of hydrogen-bond donors (Lipinski definition) is 2. The van der Waals surface area contributed by atoms with E-state index in [4.69, 9.17) is 5.73 Å². The van der Waals surface area contributed by atoms with Crippen molar-refractivity contribution in [3.05, 3.63) is 28.2 Å². The number of amides is 1. The Kier molecular flexibility index (Phi) is 6.64. The molecule has 0 heterocycles. The number of halogens is 2. The smallest absolute Gasteiger partial charge is 0.225 e. The minimum Gasteiger partial charge on any atom is -0.327 e. The molecular weight excluding hydrogens is 291 g/mol. The van der Waals surface area contributed by atoms with E-state index in [0.29, 0.717) is 6.42 Å². The predicted molar refractivity (Wildman–Crippen MR) is 73.0 cm³/mol. The second-order valence-corrected chi connectivity index (χ2v) is 4.60. The van der Waals surface area contributed by atoms with Gasteiger partial charge in [-0.1, -0.05) is 15.9 Å². The lowest BCUT2D eigenvalue weighted by atomic mass is 10.2. The van der Waals surface area contributed by atoms with Gasteiger partial charge in [-0.3, -0.25) is 4.79 Å². The summed E-state index contributed by atoms with van der Waals surface area (Å²) in [7, 11) is 0. The predicted octanol–water partition coefficient (Wildman–Crippen LogP) is 2.86. The molecule has 0 aliphatic carbocycles. The van der Waals surface area contributed by atoms with Gasteiger partial charge in [0.1, 0.15) is 0 Å². The topological polar surface area (TPSA) is 55.1 Å². The molecule has 16 heavy (non-hydrogen) atoms. The van der Waals surface area contributed by atoms with Crippen LogP contribution in [0.2, 0.25) is 0 Å². The third kappa shape index (κ3) is 4.96. The van der Waals surface area contributed by atoms with Gasteiger partial charge < -0.3 is 11.1 Å². The van der Waals surface area contributed by atoms with E-state index in [-0.39, 0.29) is 24.4 Å². The van der Waals surface area contributed by atoms with Crippen molar-refractivity contribution in [3.63, 3.8) is 0 Å². The van der Waals surface area contributed by atoms with Gasteiger partial charge in [0.15, 0.2) is 0 Å². The number of anilines is 1. The summed E-state index contributed by atoms with van der Waals surface area (Å²) in [5.41, 5.74) is 7.41. The van der Waals surface area contributed by atoms with Crippen molar-refractivity contribution in [2.24, 2.45) is 5.73 Å². The van der Waals surface area contributed by atoms with E-state index < -0.39 is 0 Å². The van der Waals surface area contributed by atoms with Crippen LogP contribution < -0.4 is 11.1 Å². The van der Waals surface area contributed by atoms with Crippen LogP contribution in [0.5, 0.6) is 0 Å². The molecule has 0 aromatic heterocycles. The van der Waals surface area contributed by atoms with E-state index in [2.05, 4.69) is 21.2 Å². The largest absolute Gasteiger partial charge is 0.327 e. The number of carbonyl (C=O) groups excluding carboxylic acids is 1. The molecule has 1 aromatic rings. The van der Waals surface area contributed by atoms with Crippen LogP contribution in [0.25, 0.3) is 0 Å². The third-order valence-corrected chi connectivity index (χ3v) is 2.46. The van der Waals surface area contributed by atoms with E-state index in [1.165, 1.54) is 0 Å². The number of nitrogens with one attached hydrogen (secondary N) is 1. The molecule has 0 bridgehead atoms. The summed E-state index contributed by atoms with van der Waals surface area (Å²) in [5.74, 6) is -0.0459. The standard InChI is InChI=1S/C11H15BrN2O.ClH/c1-7-5-9(12)3-4-10(7)14-11(15)6-8(2)13;/h3-5,8H,6,13H2,1-2H3,(H,14,15);1H. The van der Waals surface area contributed by atoms with Gasteiger partial charge in [-0.25, -0.2) is 0 Å². The maximum absolute atomic E-state index is 11.5. The van der Waals surface area contributed by atoms with Gasteiger partial charge in [0.05, 0.1) is 0 Å². The Hall–Kier alpha value is -0.580. The molecule has 0 saturated carbocycles. The molecule has 3 nitrogen and oxygen atoms in total. The Morgan fingerprint density at radius 2 is 2.19 bits per heavy atom. The quantitative estimate of drug-likeness (QED) is 0.902. The number of carbonyl (C=O) groups is 1. The highest BCUT2D eigenvalue weighted by Gasteiger charge is 2.06. The highest BCUT2D eigenvalue weighted by Crippen LogP contribution is 2.20. The van der Waals surface area contributed by atoms with Crippen molar-refractivity contribution >= 4 is 39.9 Å². The molecule has 0 aliphatic heterocycles. The van der Waals surface area contributed by atoms with Crippen molar-refractivity contribution in [1.29, 1.82) is 0 Å². The van der Waals surface area contributed by atoms with Crippen molar-refractivity contribution in [2.75, 3.05) is 5.32 Å². The van der Waals surface area contributed by atoms with Gasteiger partial charge in [0, 0.05) is 22.6 Å². The molecular formula is C11H16BrClN2O. The van der Waals surface area contributed by atoms with Crippen molar-refractivity contribution in [3.8, 4) is 0 Å². The molecule has 0 saturated heterocycles. The van der Waals surface area contributed by atoms with Gasteiger partial charge in [0.25, 0.3) is 0 Å². The maximum Gasteiger partial charge on any atom is 0.225 e. The van der Waals surface area contributed by atoms with E-state index in [1.54, 1.807) is 0 Å². The first-order valence-electron chi connectivity index (χ1n) is 4.80. The highest BCUT2D eigenvalue weighted by atomic mass is 79.9. The molecule has 90 valence electrons. The minimum atomic E-state index is -0.110.